The number of aromatic carboxylic acids is 1. The molecule has 1 aromatic heterocycles. The average Bonchev–Trinajstić information content (AvgIpc) is 2.33. The van der Waals surface area contributed by atoms with E-state index < -0.39 is 11.8 Å². The van der Waals surface area contributed by atoms with Crippen molar-refractivity contribution in [1.29, 1.82) is 0 Å². The van der Waals surface area contributed by atoms with Gasteiger partial charge < -0.3 is 9.84 Å². The van der Waals surface area contributed by atoms with Crippen molar-refractivity contribution >= 4 is 21.9 Å². The number of nitrogens with zero attached hydrogens (tertiary/aromatic N) is 2. The van der Waals surface area contributed by atoms with Crippen LogP contribution in [0.15, 0.2) is 28.9 Å². The summed E-state index contributed by atoms with van der Waals surface area (Å²) in [4.78, 5) is 18.5. The highest BCUT2D eigenvalue weighted by Crippen LogP contribution is 2.24. The predicted molar refractivity (Wildman–Crippen MR) is 67.9 cm³/mol. The fraction of sp³-hybridized carbons (Fsp3) is 0.0833. The van der Waals surface area contributed by atoms with Gasteiger partial charge in [0.05, 0.1) is 15.7 Å². The Bertz CT molecular complexity index is 649. The largest absolute Gasteiger partial charge is 0.478 e. The van der Waals surface area contributed by atoms with E-state index in [1.807, 2.05) is 0 Å². The van der Waals surface area contributed by atoms with Gasteiger partial charge in [-0.3, -0.25) is 0 Å². The van der Waals surface area contributed by atoms with Gasteiger partial charge in [-0.2, -0.15) is 4.98 Å². The summed E-state index contributed by atoms with van der Waals surface area (Å²) >= 11 is 3.02. The second-order valence-corrected chi connectivity index (χ2v) is 4.49. The second-order valence-electron chi connectivity index (χ2n) is 3.63. The summed E-state index contributed by atoms with van der Waals surface area (Å²) in [6, 6.07) is 4.16. The minimum absolute atomic E-state index is 0.00524. The molecule has 19 heavy (non-hydrogen) atoms. The lowest BCUT2D eigenvalue weighted by atomic mass is 10.2. The molecule has 0 aliphatic rings. The molecule has 0 atom stereocenters. The molecular weight excluding hydrogens is 319 g/mol. The highest BCUT2D eigenvalue weighted by Gasteiger charge is 2.11. The van der Waals surface area contributed by atoms with Crippen molar-refractivity contribution < 1.29 is 19.0 Å². The zero-order valence-corrected chi connectivity index (χ0v) is 11.3. The van der Waals surface area contributed by atoms with E-state index in [1.165, 1.54) is 25.1 Å². The molecule has 0 radical (unpaired) electrons. The van der Waals surface area contributed by atoms with Crippen LogP contribution in [0.5, 0.6) is 11.8 Å². The number of aromatic nitrogens is 2. The van der Waals surface area contributed by atoms with E-state index in [9.17, 15) is 9.18 Å². The fourth-order valence-electron chi connectivity index (χ4n) is 1.35. The minimum Gasteiger partial charge on any atom is -0.478 e. The average molecular weight is 327 g/mol. The maximum atomic E-state index is 13.3. The van der Waals surface area contributed by atoms with Crippen LogP contribution in [0.3, 0.4) is 0 Å². The summed E-state index contributed by atoms with van der Waals surface area (Å²) in [6.07, 6.45) is 1.15. The molecule has 0 bridgehead atoms. The molecule has 1 N–H and O–H groups in total. The third-order valence-electron chi connectivity index (χ3n) is 2.29. The summed E-state index contributed by atoms with van der Waals surface area (Å²) < 4.78 is 18.9. The van der Waals surface area contributed by atoms with Crippen LogP contribution >= 0.6 is 15.9 Å². The first kappa shape index (κ1) is 13.4. The monoisotopic (exact) mass is 326 g/mol. The summed E-state index contributed by atoms with van der Waals surface area (Å²) in [6.45, 7) is 1.53. The summed E-state index contributed by atoms with van der Waals surface area (Å²) in [5.74, 6) is -1.36. The summed E-state index contributed by atoms with van der Waals surface area (Å²) in [5, 5.41) is 8.84. The van der Waals surface area contributed by atoms with Gasteiger partial charge >= 0.3 is 12.0 Å². The van der Waals surface area contributed by atoms with Crippen LogP contribution in [0.2, 0.25) is 0 Å². The van der Waals surface area contributed by atoms with Gasteiger partial charge in [0, 0.05) is 12.3 Å². The number of carbonyl (C=O) groups is 1. The van der Waals surface area contributed by atoms with Gasteiger partial charge in [-0.15, -0.1) is 0 Å². The lowest BCUT2D eigenvalue weighted by Gasteiger charge is -2.06. The molecule has 1 heterocycles. The van der Waals surface area contributed by atoms with Crippen LogP contribution in [0.4, 0.5) is 4.39 Å². The molecule has 0 aliphatic carbocycles. The Morgan fingerprint density at radius 1 is 1.47 bits per heavy atom. The molecule has 0 amide bonds. The lowest BCUT2D eigenvalue weighted by molar-refractivity contribution is 0.0695. The summed E-state index contributed by atoms with van der Waals surface area (Å²) in [5.41, 5.74) is 0.268. The Morgan fingerprint density at radius 2 is 2.21 bits per heavy atom. The van der Waals surface area contributed by atoms with E-state index in [1.54, 1.807) is 0 Å². The SMILES string of the molecule is Cc1nc(Oc2ccc(Br)c(F)c2)ncc1C(=O)O. The molecule has 5 nitrogen and oxygen atoms in total. The minimum atomic E-state index is -1.11. The molecule has 0 saturated carbocycles. The van der Waals surface area contributed by atoms with Crippen molar-refractivity contribution in [2.75, 3.05) is 0 Å². The molecule has 0 spiro atoms. The molecule has 2 rings (SSSR count). The third-order valence-corrected chi connectivity index (χ3v) is 2.93. The van der Waals surface area contributed by atoms with Crippen LogP contribution < -0.4 is 4.74 Å². The normalized spacial score (nSPS) is 10.3. The first-order valence-electron chi connectivity index (χ1n) is 5.17. The fourth-order valence-corrected chi connectivity index (χ4v) is 1.60. The van der Waals surface area contributed by atoms with Crippen LogP contribution in [0.25, 0.3) is 0 Å². The van der Waals surface area contributed by atoms with Crippen molar-refractivity contribution in [2.45, 2.75) is 6.92 Å². The number of carboxylic acids is 1. The number of hydrogen-bond acceptors (Lipinski definition) is 4. The zero-order chi connectivity index (χ0) is 14.0. The molecule has 2 aromatic rings. The van der Waals surface area contributed by atoms with Gasteiger partial charge in [-0.25, -0.2) is 14.2 Å². The maximum Gasteiger partial charge on any atom is 0.339 e. The van der Waals surface area contributed by atoms with Crippen LogP contribution in [-0.2, 0) is 0 Å². The van der Waals surface area contributed by atoms with Crippen molar-refractivity contribution in [3.8, 4) is 11.8 Å². The number of hydrogen-bond donors (Lipinski definition) is 1. The van der Waals surface area contributed by atoms with Gasteiger partial charge in [0.15, 0.2) is 0 Å². The summed E-state index contributed by atoms with van der Waals surface area (Å²) in [7, 11) is 0. The Balaban J connectivity index is 2.26. The third kappa shape index (κ3) is 3.05. The van der Waals surface area contributed by atoms with Crippen molar-refractivity contribution in [2.24, 2.45) is 0 Å². The quantitative estimate of drug-likeness (QED) is 0.937. The van der Waals surface area contributed by atoms with Crippen LogP contribution in [0.1, 0.15) is 16.1 Å². The first-order valence-corrected chi connectivity index (χ1v) is 5.96. The second kappa shape index (κ2) is 5.31. The number of halogens is 2. The molecule has 0 fully saturated rings. The topological polar surface area (TPSA) is 72.3 Å². The van der Waals surface area contributed by atoms with Crippen molar-refractivity contribution in [3.05, 3.63) is 45.9 Å². The van der Waals surface area contributed by atoms with Crippen LogP contribution in [-0.4, -0.2) is 21.0 Å². The van der Waals surface area contributed by atoms with E-state index in [2.05, 4.69) is 25.9 Å². The molecule has 7 heteroatoms. The molecule has 0 saturated heterocycles. The Kier molecular flexibility index (Phi) is 3.75. The van der Waals surface area contributed by atoms with E-state index in [4.69, 9.17) is 9.84 Å². The van der Waals surface area contributed by atoms with Gasteiger partial charge in [-0.05, 0) is 35.0 Å². The maximum absolute atomic E-state index is 13.3. The van der Waals surface area contributed by atoms with Gasteiger partial charge in [0.2, 0.25) is 0 Å². The van der Waals surface area contributed by atoms with Gasteiger partial charge in [-0.1, -0.05) is 0 Å². The molecule has 0 aliphatic heterocycles. The number of carboxylic acid groups (broad SMARTS) is 1. The van der Waals surface area contributed by atoms with E-state index in [-0.39, 0.29) is 23.0 Å². The highest BCUT2D eigenvalue weighted by molar-refractivity contribution is 9.10. The highest BCUT2D eigenvalue weighted by atomic mass is 79.9. The smallest absolute Gasteiger partial charge is 0.339 e. The Hall–Kier alpha value is -2.02. The van der Waals surface area contributed by atoms with Crippen LogP contribution in [0, 0.1) is 12.7 Å². The van der Waals surface area contributed by atoms with Crippen molar-refractivity contribution in [3.63, 3.8) is 0 Å². The van der Waals surface area contributed by atoms with E-state index >= 15 is 0 Å². The van der Waals surface area contributed by atoms with Crippen molar-refractivity contribution in [1.82, 2.24) is 9.97 Å². The molecule has 0 unspecified atom stereocenters. The van der Waals surface area contributed by atoms with Gasteiger partial charge in [0.1, 0.15) is 11.6 Å². The number of benzene rings is 1. The Morgan fingerprint density at radius 3 is 2.79 bits per heavy atom. The zero-order valence-electron chi connectivity index (χ0n) is 9.72. The first-order chi connectivity index (χ1) is 8.97. The molecule has 98 valence electrons. The van der Waals surface area contributed by atoms with E-state index in [0.717, 1.165) is 6.20 Å². The predicted octanol–water partition coefficient (Wildman–Crippen LogP) is 3.18. The Labute approximate surface area is 116 Å². The molecular formula is C12H8BrFN2O3. The number of ether oxygens (including phenoxy) is 1. The van der Waals surface area contributed by atoms with Gasteiger partial charge in [0.25, 0.3) is 0 Å². The van der Waals surface area contributed by atoms with E-state index in [0.29, 0.717) is 4.47 Å². The molecule has 1 aromatic carbocycles. The number of aryl methyl sites for hydroxylation is 1. The standard InChI is InChI=1S/C12H8BrFN2O3/c1-6-8(11(17)18)5-15-12(16-6)19-7-2-3-9(13)10(14)4-7/h2-5H,1H3,(H,17,18). The lowest BCUT2D eigenvalue weighted by Crippen LogP contribution is -2.04. The number of rotatable bonds is 3.